The van der Waals surface area contributed by atoms with Crippen molar-refractivity contribution < 1.29 is 19.4 Å². The lowest BCUT2D eigenvalue weighted by Gasteiger charge is -2.20. The van der Waals surface area contributed by atoms with Gasteiger partial charge in [0.25, 0.3) is 0 Å². The first-order valence-corrected chi connectivity index (χ1v) is 10.3. The van der Waals surface area contributed by atoms with Gasteiger partial charge in [-0.2, -0.15) is 0 Å². The first-order chi connectivity index (χ1) is 15.1. The van der Waals surface area contributed by atoms with Crippen molar-refractivity contribution in [2.24, 2.45) is 0 Å². The Hall–Kier alpha value is -3.74. The molecule has 1 unspecified atom stereocenters. The summed E-state index contributed by atoms with van der Waals surface area (Å²) in [5, 5.41) is 13.4. The Morgan fingerprint density at radius 2 is 1.97 bits per heavy atom. The molecule has 0 aliphatic carbocycles. The standard InChI is InChI=1S/C24H23N3O4/c1-15(28)25-17-9-10-27(13-17)23-12-16(18-6-4-8-22-24(18)31-14-30-22)11-20(26-23)19-5-2-3-7-21(19)29/h2-8,11-12,17,29H,9-10,13-14H2,1H3,(H,25,28). The molecule has 5 rings (SSSR count). The van der Waals surface area contributed by atoms with Crippen molar-refractivity contribution >= 4 is 11.7 Å². The number of aromatic nitrogens is 1. The van der Waals surface area contributed by atoms with Crippen LogP contribution in [0.15, 0.2) is 54.6 Å². The molecule has 3 heterocycles. The normalized spacial score (nSPS) is 17.1. The molecular formula is C24H23N3O4. The van der Waals surface area contributed by atoms with Crippen LogP contribution < -0.4 is 19.7 Å². The Bertz CT molecular complexity index is 1150. The van der Waals surface area contributed by atoms with Gasteiger partial charge in [0.15, 0.2) is 11.5 Å². The summed E-state index contributed by atoms with van der Waals surface area (Å²) in [6.45, 7) is 3.20. The predicted molar refractivity (Wildman–Crippen MR) is 117 cm³/mol. The third kappa shape index (κ3) is 3.74. The van der Waals surface area contributed by atoms with Gasteiger partial charge in [-0.1, -0.05) is 24.3 Å². The smallest absolute Gasteiger partial charge is 0.231 e. The van der Waals surface area contributed by atoms with E-state index in [1.54, 1.807) is 12.1 Å². The Labute approximate surface area is 180 Å². The van der Waals surface area contributed by atoms with Crippen LogP contribution >= 0.6 is 0 Å². The summed E-state index contributed by atoms with van der Waals surface area (Å²) in [4.78, 5) is 18.5. The fraction of sp³-hybridized carbons (Fsp3) is 0.250. The lowest BCUT2D eigenvalue weighted by Crippen LogP contribution is -2.35. The fourth-order valence-corrected chi connectivity index (χ4v) is 4.19. The molecule has 2 aliphatic rings. The number of hydrogen-bond donors (Lipinski definition) is 2. The largest absolute Gasteiger partial charge is 0.507 e. The van der Waals surface area contributed by atoms with Crippen LogP contribution in [0, 0.1) is 0 Å². The van der Waals surface area contributed by atoms with Crippen molar-refractivity contribution in [2.45, 2.75) is 19.4 Å². The van der Waals surface area contributed by atoms with Gasteiger partial charge < -0.3 is 24.8 Å². The van der Waals surface area contributed by atoms with Gasteiger partial charge in [0.1, 0.15) is 11.6 Å². The second kappa shape index (κ2) is 7.83. The first-order valence-electron chi connectivity index (χ1n) is 10.3. The van der Waals surface area contributed by atoms with Gasteiger partial charge in [0.2, 0.25) is 12.7 Å². The van der Waals surface area contributed by atoms with E-state index in [-0.39, 0.29) is 24.5 Å². The van der Waals surface area contributed by atoms with Gasteiger partial charge in [-0.25, -0.2) is 4.98 Å². The topological polar surface area (TPSA) is 83.9 Å². The zero-order chi connectivity index (χ0) is 21.4. The summed E-state index contributed by atoms with van der Waals surface area (Å²) in [5.74, 6) is 2.36. The van der Waals surface area contributed by atoms with E-state index in [0.29, 0.717) is 29.3 Å². The fourth-order valence-electron chi connectivity index (χ4n) is 4.19. The zero-order valence-corrected chi connectivity index (χ0v) is 17.2. The minimum atomic E-state index is -0.0274. The van der Waals surface area contributed by atoms with Crippen molar-refractivity contribution in [3.63, 3.8) is 0 Å². The second-order valence-electron chi connectivity index (χ2n) is 7.79. The Morgan fingerprint density at radius 1 is 1.13 bits per heavy atom. The summed E-state index contributed by atoms with van der Waals surface area (Å²) < 4.78 is 11.3. The second-order valence-corrected chi connectivity index (χ2v) is 7.79. The molecule has 2 aromatic carbocycles. The average molecular weight is 417 g/mol. The number of nitrogens with one attached hydrogen (secondary N) is 1. The molecule has 7 nitrogen and oxygen atoms in total. The highest BCUT2D eigenvalue weighted by Crippen LogP contribution is 2.43. The number of carbonyl (C=O) groups is 1. The SMILES string of the molecule is CC(=O)NC1CCN(c2cc(-c3cccc4c3OCO4)cc(-c3ccccc3O)n2)C1. The van der Waals surface area contributed by atoms with Gasteiger partial charge in [0, 0.05) is 37.2 Å². The molecule has 158 valence electrons. The molecule has 3 aromatic rings. The minimum absolute atomic E-state index is 0.0274. The van der Waals surface area contributed by atoms with Crippen LogP contribution in [-0.4, -0.2) is 41.9 Å². The maximum absolute atomic E-state index is 11.5. The number of aromatic hydroxyl groups is 1. The van der Waals surface area contributed by atoms with E-state index in [4.69, 9.17) is 14.5 Å². The summed E-state index contributed by atoms with van der Waals surface area (Å²) in [5.41, 5.74) is 3.17. The molecular weight excluding hydrogens is 394 g/mol. The van der Waals surface area contributed by atoms with Crippen molar-refractivity contribution in [1.82, 2.24) is 10.3 Å². The summed E-state index contributed by atoms with van der Waals surface area (Å²) in [6.07, 6.45) is 0.856. The molecule has 0 spiro atoms. The molecule has 1 atom stereocenters. The van der Waals surface area contributed by atoms with Crippen molar-refractivity contribution in [2.75, 3.05) is 24.8 Å². The maximum Gasteiger partial charge on any atom is 0.231 e. The number of fused-ring (bicyclic) bond motifs is 1. The zero-order valence-electron chi connectivity index (χ0n) is 17.2. The van der Waals surface area contributed by atoms with Crippen LogP contribution in [0.5, 0.6) is 17.2 Å². The number of hydrogen-bond acceptors (Lipinski definition) is 6. The van der Waals surface area contributed by atoms with Crippen LogP contribution in [-0.2, 0) is 4.79 Å². The number of amides is 1. The number of pyridine rings is 1. The number of para-hydroxylation sites is 2. The number of anilines is 1. The van der Waals surface area contributed by atoms with Gasteiger partial charge >= 0.3 is 0 Å². The van der Waals surface area contributed by atoms with E-state index in [9.17, 15) is 9.90 Å². The minimum Gasteiger partial charge on any atom is -0.507 e. The van der Waals surface area contributed by atoms with E-state index >= 15 is 0 Å². The highest BCUT2D eigenvalue weighted by molar-refractivity contribution is 5.81. The van der Waals surface area contributed by atoms with Gasteiger partial charge in [-0.3, -0.25) is 4.79 Å². The van der Waals surface area contributed by atoms with E-state index in [2.05, 4.69) is 10.2 Å². The van der Waals surface area contributed by atoms with E-state index in [1.807, 2.05) is 42.5 Å². The van der Waals surface area contributed by atoms with E-state index < -0.39 is 0 Å². The lowest BCUT2D eigenvalue weighted by atomic mass is 10.0. The summed E-state index contributed by atoms with van der Waals surface area (Å²) >= 11 is 0. The lowest BCUT2D eigenvalue weighted by molar-refractivity contribution is -0.119. The van der Waals surface area contributed by atoms with Crippen molar-refractivity contribution in [3.8, 4) is 39.6 Å². The molecule has 31 heavy (non-hydrogen) atoms. The highest BCUT2D eigenvalue weighted by Gasteiger charge is 2.26. The number of carbonyl (C=O) groups excluding carboxylic acids is 1. The molecule has 1 amide bonds. The Kier molecular flexibility index (Phi) is 4.86. The van der Waals surface area contributed by atoms with Crippen LogP contribution in [0.25, 0.3) is 22.4 Å². The van der Waals surface area contributed by atoms with Crippen LogP contribution in [0.2, 0.25) is 0 Å². The van der Waals surface area contributed by atoms with Crippen LogP contribution in [0.3, 0.4) is 0 Å². The highest BCUT2D eigenvalue weighted by atomic mass is 16.7. The monoisotopic (exact) mass is 417 g/mol. The quantitative estimate of drug-likeness (QED) is 0.675. The van der Waals surface area contributed by atoms with Gasteiger partial charge in [-0.05, 0) is 42.3 Å². The number of phenols is 1. The molecule has 1 saturated heterocycles. The number of rotatable bonds is 4. The molecule has 7 heteroatoms. The number of benzene rings is 2. The molecule has 2 N–H and O–H groups in total. The van der Waals surface area contributed by atoms with E-state index in [0.717, 1.165) is 29.9 Å². The predicted octanol–water partition coefficient (Wildman–Crippen LogP) is 3.56. The molecule has 0 radical (unpaired) electrons. The third-order valence-electron chi connectivity index (χ3n) is 5.62. The van der Waals surface area contributed by atoms with Gasteiger partial charge in [0.05, 0.1) is 5.69 Å². The molecule has 0 saturated carbocycles. The third-order valence-corrected chi connectivity index (χ3v) is 5.62. The van der Waals surface area contributed by atoms with E-state index in [1.165, 1.54) is 6.92 Å². The Balaban J connectivity index is 1.60. The van der Waals surface area contributed by atoms with Crippen LogP contribution in [0.4, 0.5) is 5.82 Å². The first kappa shape index (κ1) is 19.2. The summed E-state index contributed by atoms with van der Waals surface area (Å²) in [6, 6.07) is 17.1. The van der Waals surface area contributed by atoms with Gasteiger partial charge in [-0.15, -0.1) is 0 Å². The van der Waals surface area contributed by atoms with Crippen molar-refractivity contribution in [3.05, 3.63) is 54.6 Å². The average Bonchev–Trinajstić information content (AvgIpc) is 3.42. The molecule has 0 bridgehead atoms. The summed E-state index contributed by atoms with van der Waals surface area (Å²) in [7, 11) is 0. The van der Waals surface area contributed by atoms with Crippen LogP contribution in [0.1, 0.15) is 13.3 Å². The maximum atomic E-state index is 11.5. The number of phenolic OH excluding ortho intramolecular Hbond substituents is 1. The molecule has 2 aliphatic heterocycles. The number of ether oxygens (including phenoxy) is 2. The molecule has 1 fully saturated rings. The number of nitrogens with zero attached hydrogens (tertiary/aromatic N) is 2. The Morgan fingerprint density at radius 3 is 2.81 bits per heavy atom. The molecule has 1 aromatic heterocycles. The van der Waals surface area contributed by atoms with Crippen molar-refractivity contribution in [1.29, 1.82) is 0 Å².